The molecule has 0 fully saturated rings. The molecule has 3 rings (SSSR count). The van der Waals surface area contributed by atoms with Crippen molar-refractivity contribution in [3.05, 3.63) is 47.5 Å². The van der Waals surface area contributed by atoms with Crippen molar-refractivity contribution in [3.63, 3.8) is 0 Å². The van der Waals surface area contributed by atoms with E-state index in [-0.39, 0.29) is 11.9 Å². The van der Waals surface area contributed by atoms with Crippen LogP contribution in [0.4, 0.5) is 0 Å². The van der Waals surface area contributed by atoms with Gasteiger partial charge >= 0.3 is 0 Å². The summed E-state index contributed by atoms with van der Waals surface area (Å²) in [7, 11) is 0. The summed E-state index contributed by atoms with van der Waals surface area (Å²) in [5, 5.41) is 8.00. The quantitative estimate of drug-likeness (QED) is 0.840. The number of carbonyl (C=O) groups excluding carboxylic acids is 1. The van der Waals surface area contributed by atoms with E-state index in [1.807, 2.05) is 24.0 Å². The van der Waals surface area contributed by atoms with E-state index in [4.69, 9.17) is 0 Å². The number of aryl methyl sites for hydroxylation is 1. The average molecular weight is 270 g/mol. The van der Waals surface area contributed by atoms with Crippen LogP contribution in [0.3, 0.4) is 0 Å². The average Bonchev–Trinajstić information content (AvgIpc) is 2.94. The minimum atomic E-state index is -0.0307. The Kier molecular flexibility index (Phi) is 3.26. The minimum Gasteiger partial charge on any atom is -0.348 e. The first-order chi connectivity index (χ1) is 9.70. The molecular formula is C15H18N4O. The largest absolute Gasteiger partial charge is 0.348 e. The minimum absolute atomic E-state index is 0.0307. The van der Waals surface area contributed by atoms with Crippen LogP contribution < -0.4 is 0 Å². The summed E-state index contributed by atoms with van der Waals surface area (Å²) in [5.41, 5.74) is 2.45. The maximum absolute atomic E-state index is 12.6. The van der Waals surface area contributed by atoms with Crippen molar-refractivity contribution in [2.24, 2.45) is 0 Å². The highest BCUT2D eigenvalue weighted by Crippen LogP contribution is 2.29. The molecule has 0 aliphatic carbocycles. The first-order valence-corrected chi connectivity index (χ1v) is 6.97. The molecule has 0 aromatic carbocycles. The lowest BCUT2D eigenvalue weighted by molar-refractivity contribution is 0.0610. The van der Waals surface area contributed by atoms with Gasteiger partial charge in [-0.15, -0.1) is 5.10 Å². The van der Waals surface area contributed by atoms with Gasteiger partial charge in [0, 0.05) is 25.0 Å². The van der Waals surface area contributed by atoms with Crippen molar-refractivity contribution in [1.82, 2.24) is 19.7 Å². The van der Waals surface area contributed by atoms with Crippen LogP contribution in [-0.4, -0.2) is 32.1 Å². The number of aromatic nitrogens is 3. The van der Waals surface area contributed by atoms with Gasteiger partial charge in [-0.25, -0.2) is 0 Å². The molecule has 0 saturated carbocycles. The molecule has 0 N–H and O–H groups in total. The van der Waals surface area contributed by atoms with E-state index in [0.717, 1.165) is 18.7 Å². The smallest absolute Gasteiger partial charge is 0.274 e. The highest BCUT2D eigenvalue weighted by Gasteiger charge is 2.30. The summed E-state index contributed by atoms with van der Waals surface area (Å²) >= 11 is 0. The Labute approximate surface area is 118 Å². The van der Waals surface area contributed by atoms with E-state index in [9.17, 15) is 4.79 Å². The van der Waals surface area contributed by atoms with Crippen molar-refractivity contribution in [3.8, 4) is 0 Å². The number of fused-ring (bicyclic) bond motifs is 1. The second-order valence-electron chi connectivity index (χ2n) is 5.11. The van der Waals surface area contributed by atoms with Crippen LogP contribution in [0.5, 0.6) is 0 Å². The van der Waals surface area contributed by atoms with Gasteiger partial charge in [0.1, 0.15) is 0 Å². The molecule has 5 heteroatoms. The first kappa shape index (κ1) is 12.8. The van der Waals surface area contributed by atoms with Crippen LogP contribution in [0.25, 0.3) is 0 Å². The van der Waals surface area contributed by atoms with E-state index in [0.29, 0.717) is 12.2 Å². The molecule has 20 heavy (non-hydrogen) atoms. The van der Waals surface area contributed by atoms with Gasteiger partial charge in [0.15, 0.2) is 5.69 Å². The molecule has 104 valence electrons. The summed E-state index contributed by atoms with van der Waals surface area (Å²) in [5.74, 6) is -0.0307. The first-order valence-electron chi connectivity index (χ1n) is 6.97. The predicted molar refractivity (Wildman–Crippen MR) is 75.3 cm³/mol. The van der Waals surface area contributed by atoms with Gasteiger partial charge in [-0.3, -0.25) is 4.79 Å². The monoisotopic (exact) mass is 270 g/mol. The summed E-state index contributed by atoms with van der Waals surface area (Å²) in [6.07, 6.45) is 2.97. The molecule has 0 spiro atoms. The Balaban J connectivity index is 1.90. The van der Waals surface area contributed by atoms with Gasteiger partial charge in [0.25, 0.3) is 5.91 Å². The molecule has 1 unspecified atom stereocenters. The van der Waals surface area contributed by atoms with Gasteiger partial charge in [0.05, 0.1) is 11.7 Å². The molecule has 1 aliphatic heterocycles. The Morgan fingerprint density at radius 3 is 2.85 bits per heavy atom. The third-order valence-corrected chi connectivity index (χ3v) is 3.83. The van der Waals surface area contributed by atoms with Gasteiger partial charge in [0.2, 0.25) is 0 Å². The summed E-state index contributed by atoms with van der Waals surface area (Å²) in [4.78, 5) is 14.5. The Morgan fingerprint density at radius 1 is 1.30 bits per heavy atom. The van der Waals surface area contributed by atoms with Crippen LogP contribution >= 0.6 is 0 Å². The number of rotatable bonds is 2. The van der Waals surface area contributed by atoms with E-state index < -0.39 is 0 Å². The number of hydrogen-bond acceptors (Lipinski definition) is 3. The van der Waals surface area contributed by atoms with Crippen molar-refractivity contribution in [2.75, 3.05) is 6.54 Å². The number of nitrogens with zero attached hydrogens (tertiary/aromatic N) is 4. The Hall–Kier alpha value is -2.17. The molecule has 5 nitrogen and oxygen atoms in total. The van der Waals surface area contributed by atoms with Gasteiger partial charge in [-0.2, -0.15) is 5.10 Å². The molecule has 2 aromatic rings. The molecule has 1 aliphatic rings. The van der Waals surface area contributed by atoms with E-state index in [2.05, 4.69) is 34.0 Å². The summed E-state index contributed by atoms with van der Waals surface area (Å²) < 4.78 is 2.22. The normalized spacial score (nSPS) is 17.9. The number of amides is 1. The fourth-order valence-corrected chi connectivity index (χ4v) is 2.80. The van der Waals surface area contributed by atoms with Crippen LogP contribution in [0.1, 0.15) is 41.3 Å². The predicted octanol–water partition coefficient (Wildman–Crippen LogP) is 2.19. The molecule has 0 radical (unpaired) electrons. The fraction of sp³-hybridized carbons (Fsp3) is 0.400. The third kappa shape index (κ3) is 2.09. The van der Waals surface area contributed by atoms with E-state index in [1.54, 1.807) is 6.07 Å². The van der Waals surface area contributed by atoms with Crippen LogP contribution in [-0.2, 0) is 6.54 Å². The lowest BCUT2D eigenvalue weighted by atomic mass is 10.1. The fourth-order valence-electron chi connectivity index (χ4n) is 2.80. The van der Waals surface area contributed by atoms with Crippen molar-refractivity contribution in [1.29, 1.82) is 0 Å². The third-order valence-electron chi connectivity index (χ3n) is 3.83. The number of hydrogen-bond donors (Lipinski definition) is 0. The molecular weight excluding hydrogens is 252 g/mol. The maximum Gasteiger partial charge on any atom is 0.274 e. The van der Waals surface area contributed by atoms with E-state index >= 15 is 0 Å². The maximum atomic E-state index is 12.6. The second-order valence-corrected chi connectivity index (χ2v) is 5.11. The second kappa shape index (κ2) is 5.07. The lowest BCUT2D eigenvalue weighted by Crippen LogP contribution is -2.42. The highest BCUT2D eigenvalue weighted by molar-refractivity contribution is 5.92. The molecule has 0 bridgehead atoms. The zero-order chi connectivity index (χ0) is 14.1. The SMILES string of the molecule is CCC1c2cccn2CCN1C(=O)c1ccc(C)nn1. The molecule has 3 heterocycles. The van der Waals surface area contributed by atoms with Gasteiger partial charge in [-0.05, 0) is 37.6 Å². The van der Waals surface area contributed by atoms with Crippen LogP contribution in [0.15, 0.2) is 30.5 Å². The summed E-state index contributed by atoms with van der Waals surface area (Å²) in [6, 6.07) is 7.83. The standard InChI is InChI=1S/C15H18N4O/c1-3-13-14-5-4-8-18(14)9-10-19(13)15(20)12-7-6-11(2)16-17-12/h4-8,13H,3,9-10H2,1-2H3. The van der Waals surface area contributed by atoms with Crippen molar-refractivity contribution >= 4 is 5.91 Å². The van der Waals surface area contributed by atoms with Crippen molar-refractivity contribution < 1.29 is 4.79 Å². The zero-order valence-electron chi connectivity index (χ0n) is 11.8. The van der Waals surface area contributed by atoms with E-state index in [1.165, 1.54) is 5.69 Å². The van der Waals surface area contributed by atoms with Gasteiger partial charge in [-0.1, -0.05) is 6.92 Å². The van der Waals surface area contributed by atoms with Gasteiger partial charge < -0.3 is 9.47 Å². The summed E-state index contributed by atoms with van der Waals surface area (Å²) in [6.45, 7) is 5.52. The van der Waals surface area contributed by atoms with Crippen LogP contribution in [0.2, 0.25) is 0 Å². The highest BCUT2D eigenvalue weighted by atomic mass is 16.2. The van der Waals surface area contributed by atoms with Crippen molar-refractivity contribution in [2.45, 2.75) is 32.9 Å². The molecule has 1 atom stereocenters. The Morgan fingerprint density at radius 2 is 2.15 bits per heavy atom. The zero-order valence-corrected chi connectivity index (χ0v) is 11.8. The molecule has 1 amide bonds. The number of carbonyl (C=O) groups is 1. The lowest BCUT2D eigenvalue weighted by Gasteiger charge is -2.36. The van der Waals surface area contributed by atoms with Crippen LogP contribution in [0, 0.1) is 6.92 Å². The molecule has 2 aromatic heterocycles. The Bertz CT molecular complexity index is 617. The molecule has 0 saturated heterocycles. The topological polar surface area (TPSA) is 51.0 Å².